The molecule has 1 aromatic carbocycles. The van der Waals surface area contributed by atoms with Crippen molar-refractivity contribution in [1.29, 1.82) is 0 Å². The van der Waals surface area contributed by atoms with E-state index in [4.69, 9.17) is 15.3 Å². The zero-order chi connectivity index (χ0) is 13.4. The lowest BCUT2D eigenvalue weighted by Crippen LogP contribution is -2.01. The number of aliphatic carboxylic acids is 1. The van der Waals surface area contributed by atoms with Crippen LogP contribution in [0.1, 0.15) is 16.7 Å². The SMILES string of the molecule is O=C(O)Cc1cc(C#CCO)cc(C#CCO)c1. The third kappa shape index (κ3) is 4.71. The molecule has 1 aromatic rings. The van der Waals surface area contributed by atoms with E-state index in [1.165, 1.54) is 0 Å². The summed E-state index contributed by atoms with van der Waals surface area (Å²) in [4.78, 5) is 10.7. The van der Waals surface area contributed by atoms with Crippen molar-refractivity contribution in [2.45, 2.75) is 6.42 Å². The second-order valence-corrected chi connectivity index (χ2v) is 3.41. The molecule has 3 N–H and O–H groups in total. The number of hydrogen-bond donors (Lipinski definition) is 3. The predicted molar refractivity (Wildman–Crippen MR) is 65.7 cm³/mol. The number of carboxylic acids is 1. The molecule has 4 nitrogen and oxygen atoms in total. The van der Waals surface area contributed by atoms with E-state index in [9.17, 15) is 4.79 Å². The third-order valence-corrected chi connectivity index (χ3v) is 1.97. The van der Waals surface area contributed by atoms with Gasteiger partial charge >= 0.3 is 5.97 Å². The molecule has 0 radical (unpaired) electrons. The molecule has 0 saturated heterocycles. The molecule has 0 unspecified atom stereocenters. The highest BCUT2D eigenvalue weighted by Gasteiger charge is 2.03. The van der Waals surface area contributed by atoms with E-state index < -0.39 is 5.97 Å². The van der Waals surface area contributed by atoms with Gasteiger partial charge in [-0.1, -0.05) is 23.7 Å². The van der Waals surface area contributed by atoms with Crippen LogP contribution >= 0.6 is 0 Å². The molecule has 92 valence electrons. The van der Waals surface area contributed by atoms with Crippen LogP contribution in [0.3, 0.4) is 0 Å². The molecule has 0 atom stereocenters. The first-order valence-corrected chi connectivity index (χ1v) is 5.21. The molecule has 0 amide bonds. The fourth-order valence-electron chi connectivity index (χ4n) is 1.40. The van der Waals surface area contributed by atoms with Crippen LogP contribution in [-0.2, 0) is 11.2 Å². The Morgan fingerprint density at radius 1 is 1.00 bits per heavy atom. The monoisotopic (exact) mass is 244 g/mol. The van der Waals surface area contributed by atoms with Crippen LogP contribution < -0.4 is 0 Å². The van der Waals surface area contributed by atoms with Crippen LogP contribution in [0, 0.1) is 23.7 Å². The van der Waals surface area contributed by atoms with E-state index in [0.717, 1.165) is 0 Å². The summed E-state index contributed by atoms with van der Waals surface area (Å²) >= 11 is 0. The summed E-state index contributed by atoms with van der Waals surface area (Å²) < 4.78 is 0. The number of aliphatic hydroxyl groups is 2. The standard InChI is InChI=1S/C14H12O4/c15-5-1-3-11-7-12(4-2-6-16)9-13(8-11)10-14(17)18/h7-9,15-16H,5-6,10H2,(H,17,18). The maximum absolute atomic E-state index is 10.7. The van der Waals surface area contributed by atoms with Crippen LogP contribution in [0.15, 0.2) is 18.2 Å². The van der Waals surface area contributed by atoms with Crippen molar-refractivity contribution in [2.24, 2.45) is 0 Å². The highest BCUT2D eigenvalue weighted by atomic mass is 16.4. The Bertz CT molecular complexity index is 512. The van der Waals surface area contributed by atoms with Crippen molar-refractivity contribution in [2.75, 3.05) is 13.2 Å². The zero-order valence-corrected chi connectivity index (χ0v) is 9.60. The summed E-state index contributed by atoms with van der Waals surface area (Å²) in [6, 6.07) is 4.96. The first kappa shape index (κ1) is 13.8. The summed E-state index contributed by atoms with van der Waals surface area (Å²) in [6.45, 7) is -0.526. The molecular formula is C14H12O4. The molecule has 1 rings (SSSR count). The van der Waals surface area contributed by atoms with Crippen LogP contribution in [0.2, 0.25) is 0 Å². The number of aliphatic hydroxyl groups excluding tert-OH is 2. The first-order valence-electron chi connectivity index (χ1n) is 5.21. The first-order chi connectivity index (χ1) is 8.65. The number of carboxylic acid groups (broad SMARTS) is 1. The van der Waals surface area contributed by atoms with Crippen LogP contribution in [-0.4, -0.2) is 34.5 Å². The van der Waals surface area contributed by atoms with Gasteiger partial charge < -0.3 is 15.3 Å². The van der Waals surface area contributed by atoms with Gasteiger partial charge in [-0.3, -0.25) is 4.79 Å². The fourth-order valence-corrected chi connectivity index (χ4v) is 1.40. The third-order valence-electron chi connectivity index (χ3n) is 1.97. The van der Waals surface area contributed by atoms with Gasteiger partial charge in [-0.05, 0) is 23.8 Å². The molecule has 0 bridgehead atoms. The van der Waals surface area contributed by atoms with Gasteiger partial charge in [0, 0.05) is 11.1 Å². The largest absolute Gasteiger partial charge is 0.481 e. The van der Waals surface area contributed by atoms with Gasteiger partial charge in [0.15, 0.2) is 0 Å². The highest BCUT2D eigenvalue weighted by molar-refractivity contribution is 5.70. The maximum Gasteiger partial charge on any atom is 0.307 e. The highest BCUT2D eigenvalue weighted by Crippen LogP contribution is 2.10. The fraction of sp³-hybridized carbons (Fsp3) is 0.214. The van der Waals surface area contributed by atoms with E-state index in [1.807, 2.05) is 0 Å². The molecule has 0 saturated carbocycles. The molecule has 4 heteroatoms. The topological polar surface area (TPSA) is 77.8 Å². The Labute approximate surface area is 105 Å². The van der Waals surface area contributed by atoms with Crippen molar-refractivity contribution in [1.82, 2.24) is 0 Å². The minimum Gasteiger partial charge on any atom is -0.481 e. The smallest absolute Gasteiger partial charge is 0.307 e. The quantitative estimate of drug-likeness (QED) is 0.640. The Morgan fingerprint density at radius 2 is 1.50 bits per heavy atom. The number of benzene rings is 1. The van der Waals surface area contributed by atoms with E-state index in [2.05, 4.69) is 23.7 Å². The molecule has 0 spiro atoms. The second-order valence-electron chi connectivity index (χ2n) is 3.41. The Hall–Kier alpha value is -2.27. The molecule has 0 aromatic heterocycles. The van der Waals surface area contributed by atoms with E-state index in [-0.39, 0.29) is 19.6 Å². The maximum atomic E-state index is 10.7. The molecular weight excluding hydrogens is 232 g/mol. The van der Waals surface area contributed by atoms with Crippen molar-refractivity contribution < 1.29 is 20.1 Å². The predicted octanol–water partition coefficient (Wildman–Crippen LogP) is 0.00130. The summed E-state index contributed by atoms with van der Waals surface area (Å²) in [6.07, 6.45) is -0.123. The van der Waals surface area contributed by atoms with Gasteiger partial charge in [0.25, 0.3) is 0 Å². The Balaban J connectivity index is 3.14. The molecule has 0 heterocycles. The number of carbonyl (C=O) groups is 1. The Kier molecular flexibility index (Phi) is 5.47. The summed E-state index contributed by atoms with van der Waals surface area (Å²) in [5.74, 6) is 9.44. The minimum absolute atomic E-state index is 0.123. The summed E-state index contributed by atoms with van der Waals surface area (Å²) in [5, 5.41) is 26.0. The minimum atomic E-state index is -0.941. The van der Waals surface area contributed by atoms with Gasteiger partial charge in [-0.25, -0.2) is 0 Å². The Morgan fingerprint density at radius 3 is 1.89 bits per heavy atom. The molecule has 0 fully saturated rings. The second kappa shape index (κ2) is 7.13. The van der Waals surface area contributed by atoms with Gasteiger partial charge in [-0.15, -0.1) is 0 Å². The summed E-state index contributed by atoms with van der Waals surface area (Å²) in [7, 11) is 0. The average Bonchev–Trinajstić information content (AvgIpc) is 2.33. The van der Waals surface area contributed by atoms with Crippen molar-refractivity contribution in [3.63, 3.8) is 0 Å². The van der Waals surface area contributed by atoms with Gasteiger partial charge in [-0.2, -0.15) is 0 Å². The summed E-state index contributed by atoms with van der Waals surface area (Å²) in [5.41, 5.74) is 1.75. The lowest BCUT2D eigenvalue weighted by molar-refractivity contribution is -0.136. The lowest BCUT2D eigenvalue weighted by atomic mass is 10.0. The molecule has 0 aliphatic carbocycles. The zero-order valence-electron chi connectivity index (χ0n) is 9.60. The molecule has 0 aliphatic heterocycles. The van der Waals surface area contributed by atoms with Gasteiger partial charge in [0.2, 0.25) is 0 Å². The van der Waals surface area contributed by atoms with Crippen LogP contribution in [0.4, 0.5) is 0 Å². The van der Waals surface area contributed by atoms with E-state index >= 15 is 0 Å². The van der Waals surface area contributed by atoms with Gasteiger partial charge in [0.05, 0.1) is 6.42 Å². The average molecular weight is 244 g/mol. The van der Waals surface area contributed by atoms with Crippen LogP contribution in [0.25, 0.3) is 0 Å². The number of rotatable bonds is 2. The normalized spacial score (nSPS) is 8.78. The lowest BCUT2D eigenvalue weighted by Gasteiger charge is -2.00. The molecule has 0 aliphatic rings. The van der Waals surface area contributed by atoms with Crippen molar-refractivity contribution in [3.8, 4) is 23.7 Å². The van der Waals surface area contributed by atoms with Crippen molar-refractivity contribution >= 4 is 5.97 Å². The van der Waals surface area contributed by atoms with Gasteiger partial charge in [0.1, 0.15) is 13.2 Å². The van der Waals surface area contributed by atoms with Crippen LogP contribution in [0.5, 0.6) is 0 Å². The van der Waals surface area contributed by atoms with E-state index in [1.54, 1.807) is 18.2 Å². The van der Waals surface area contributed by atoms with E-state index in [0.29, 0.717) is 16.7 Å². The molecule has 18 heavy (non-hydrogen) atoms. The number of hydrogen-bond acceptors (Lipinski definition) is 3. The van der Waals surface area contributed by atoms with Crippen molar-refractivity contribution in [3.05, 3.63) is 34.9 Å².